The average molecular weight is 198 g/mol. The molecule has 84 valence electrons. The van der Waals surface area contributed by atoms with E-state index < -0.39 is 0 Å². The predicted molar refractivity (Wildman–Crippen MR) is 62.6 cm³/mol. The van der Waals surface area contributed by atoms with Gasteiger partial charge in [-0.1, -0.05) is 13.8 Å². The molecule has 0 saturated carbocycles. The molecule has 0 bridgehead atoms. The molecule has 0 aromatic heterocycles. The zero-order valence-electron chi connectivity index (χ0n) is 10.4. The first-order valence-electron chi connectivity index (χ1n) is 5.86. The lowest BCUT2D eigenvalue weighted by Crippen LogP contribution is -2.52. The summed E-state index contributed by atoms with van der Waals surface area (Å²) in [5.41, 5.74) is 0.328. The largest absolute Gasteiger partial charge is 0.312 e. The summed E-state index contributed by atoms with van der Waals surface area (Å²) in [5, 5.41) is 3.57. The normalized spacial score (nSPS) is 27.2. The van der Waals surface area contributed by atoms with E-state index >= 15 is 0 Å². The van der Waals surface area contributed by atoms with Gasteiger partial charge in [0.15, 0.2) is 0 Å². The minimum Gasteiger partial charge on any atom is -0.312 e. The maximum Gasteiger partial charge on any atom is 0.0140 e. The van der Waals surface area contributed by atoms with Gasteiger partial charge in [-0.3, -0.25) is 0 Å². The van der Waals surface area contributed by atoms with Gasteiger partial charge < -0.3 is 10.2 Å². The molecule has 1 N–H and O–H groups in total. The van der Waals surface area contributed by atoms with E-state index in [0.717, 1.165) is 12.0 Å². The minimum absolute atomic E-state index is 0.328. The summed E-state index contributed by atoms with van der Waals surface area (Å²) >= 11 is 0. The van der Waals surface area contributed by atoms with Crippen LogP contribution in [-0.2, 0) is 0 Å². The molecule has 1 rings (SSSR count). The summed E-state index contributed by atoms with van der Waals surface area (Å²) in [6.07, 6.45) is 2.57. The van der Waals surface area contributed by atoms with Crippen molar-refractivity contribution in [3.8, 4) is 0 Å². The van der Waals surface area contributed by atoms with Crippen molar-refractivity contribution in [1.82, 2.24) is 10.2 Å². The molecule has 1 fully saturated rings. The van der Waals surface area contributed by atoms with Gasteiger partial charge >= 0.3 is 0 Å². The van der Waals surface area contributed by atoms with E-state index in [-0.39, 0.29) is 0 Å². The Kier molecular flexibility index (Phi) is 3.96. The van der Waals surface area contributed by atoms with Gasteiger partial charge in [-0.25, -0.2) is 0 Å². The lowest BCUT2D eigenvalue weighted by Gasteiger charge is -2.41. The Labute approximate surface area is 89.1 Å². The number of piperidine rings is 1. The molecule has 2 nitrogen and oxygen atoms in total. The summed E-state index contributed by atoms with van der Waals surface area (Å²) in [6, 6.07) is 0.772. The van der Waals surface area contributed by atoms with Crippen LogP contribution in [0, 0.1) is 5.92 Å². The second-order valence-electron chi connectivity index (χ2n) is 5.79. The maximum atomic E-state index is 3.57. The van der Waals surface area contributed by atoms with Gasteiger partial charge in [0.05, 0.1) is 0 Å². The molecule has 14 heavy (non-hydrogen) atoms. The molecule has 1 unspecified atom stereocenters. The first-order chi connectivity index (χ1) is 6.41. The van der Waals surface area contributed by atoms with Gasteiger partial charge in [-0.05, 0) is 46.2 Å². The molecule has 0 aromatic carbocycles. The van der Waals surface area contributed by atoms with Crippen LogP contribution in [0.15, 0.2) is 0 Å². The fourth-order valence-corrected chi connectivity index (χ4v) is 2.44. The molecule has 0 spiro atoms. The molecule has 1 aliphatic rings. The Morgan fingerprint density at radius 3 is 2.57 bits per heavy atom. The Morgan fingerprint density at radius 2 is 2.07 bits per heavy atom. The van der Waals surface area contributed by atoms with Crippen LogP contribution in [0.2, 0.25) is 0 Å². The third-order valence-corrected chi connectivity index (χ3v) is 3.10. The Balaban J connectivity index is 2.43. The van der Waals surface area contributed by atoms with Crippen LogP contribution in [0.4, 0.5) is 0 Å². The van der Waals surface area contributed by atoms with Gasteiger partial charge in [-0.2, -0.15) is 0 Å². The lowest BCUT2D eigenvalue weighted by atomic mass is 9.88. The van der Waals surface area contributed by atoms with Crippen LogP contribution in [0.25, 0.3) is 0 Å². The fourth-order valence-electron chi connectivity index (χ4n) is 2.44. The molecule has 2 heteroatoms. The molecule has 0 aliphatic carbocycles. The Hall–Kier alpha value is -0.0800. The van der Waals surface area contributed by atoms with E-state index in [9.17, 15) is 0 Å². The zero-order chi connectivity index (χ0) is 10.8. The van der Waals surface area contributed by atoms with Crippen molar-refractivity contribution in [3.63, 3.8) is 0 Å². The highest BCUT2D eigenvalue weighted by atomic mass is 15.2. The van der Waals surface area contributed by atoms with Crippen LogP contribution in [0.1, 0.15) is 40.5 Å². The Bertz CT molecular complexity index is 175. The van der Waals surface area contributed by atoms with Crippen LogP contribution in [0.3, 0.4) is 0 Å². The fraction of sp³-hybridized carbons (Fsp3) is 1.00. The number of nitrogens with zero attached hydrogens (tertiary/aromatic N) is 1. The molecule has 0 radical (unpaired) electrons. The molecular weight excluding hydrogens is 172 g/mol. The van der Waals surface area contributed by atoms with E-state index in [1.54, 1.807) is 0 Å². The van der Waals surface area contributed by atoms with Gasteiger partial charge in [0.25, 0.3) is 0 Å². The van der Waals surface area contributed by atoms with E-state index in [2.05, 4.69) is 45.0 Å². The predicted octanol–water partition coefficient (Wildman–Crippen LogP) is 2.10. The summed E-state index contributed by atoms with van der Waals surface area (Å²) < 4.78 is 0. The highest BCUT2D eigenvalue weighted by Crippen LogP contribution is 2.22. The lowest BCUT2D eigenvalue weighted by molar-refractivity contribution is 0.133. The molecule has 1 saturated heterocycles. The minimum atomic E-state index is 0.328. The monoisotopic (exact) mass is 198 g/mol. The SMILES string of the molecule is CC(C)CN(C)C1CCNC(C)(C)C1. The maximum absolute atomic E-state index is 3.57. The summed E-state index contributed by atoms with van der Waals surface area (Å²) in [7, 11) is 2.27. The summed E-state index contributed by atoms with van der Waals surface area (Å²) in [6.45, 7) is 11.6. The van der Waals surface area contributed by atoms with Crippen LogP contribution in [-0.4, -0.2) is 36.6 Å². The quantitative estimate of drug-likeness (QED) is 0.747. The first kappa shape index (κ1) is 12.0. The van der Waals surface area contributed by atoms with E-state index in [1.165, 1.54) is 25.9 Å². The van der Waals surface area contributed by atoms with Gasteiger partial charge in [-0.15, -0.1) is 0 Å². The number of nitrogens with one attached hydrogen (secondary N) is 1. The third kappa shape index (κ3) is 3.58. The van der Waals surface area contributed by atoms with E-state index in [0.29, 0.717) is 5.54 Å². The standard InChI is InChI=1S/C12H26N2/c1-10(2)9-14(5)11-6-7-13-12(3,4)8-11/h10-11,13H,6-9H2,1-5H3. The molecule has 1 aliphatic heterocycles. The molecular formula is C12H26N2. The van der Waals surface area contributed by atoms with Crippen molar-refractivity contribution in [2.24, 2.45) is 5.92 Å². The van der Waals surface area contributed by atoms with Crippen molar-refractivity contribution in [2.75, 3.05) is 20.1 Å². The topological polar surface area (TPSA) is 15.3 Å². The summed E-state index contributed by atoms with van der Waals surface area (Å²) in [5.74, 6) is 0.776. The Morgan fingerprint density at radius 1 is 1.43 bits per heavy atom. The van der Waals surface area contributed by atoms with Crippen molar-refractivity contribution < 1.29 is 0 Å². The van der Waals surface area contributed by atoms with Crippen LogP contribution >= 0.6 is 0 Å². The first-order valence-corrected chi connectivity index (χ1v) is 5.86. The van der Waals surface area contributed by atoms with Crippen molar-refractivity contribution >= 4 is 0 Å². The number of hydrogen-bond acceptors (Lipinski definition) is 2. The molecule has 1 heterocycles. The third-order valence-electron chi connectivity index (χ3n) is 3.10. The summed E-state index contributed by atoms with van der Waals surface area (Å²) in [4.78, 5) is 2.53. The van der Waals surface area contributed by atoms with Gasteiger partial charge in [0.1, 0.15) is 0 Å². The van der Waals surface area contributed by atoms with E-state index in [1.807, 2.05) is 0 Å². The zero-order valence-corrected chi connectivity index (χ0v) is 10.4. The van der Waals surface area contributed by atoms with E-state index in [4.69, 9.17) is 0 Å². The number of hydrogen-bond donors (Lipinski definition) is 1. The second kappa shape index (κ2) is 4.63. The average Bonchev–Trinajstić information content (AvgIpc) is 2.01. The highest BCUT2D eigenvalue weighted by Gasteiger charge is 2.29. The molecule has 1 atom stereocenters. The smallest absolute Gasteiger partial charge is 0.0140 e. The second-order valence-corrected chi connectivity index (χ2v) is 5.79. The highest BCUT2D eigenvalue weighted by molar-refractivity contribution is 4.89. The van der Waals surface area contributed by atoms with Gasteiger partial charge in [0, 0.05) is 18.1 Å². The molecule has 0 amide bonds. The number of rotatable bonds is 3. The van der Waals surface area contributed by atoms with Crippen LogP contribution < -0.4 is 5.32 Å². The molecule has 0 aromatic rings. The van der Waals surface area contributed by atoms with Crippen LogP contribution in [0.5, 0.6) is 0 Å². The van der Waals surface area contributed by atoms with Crippen molar-refractivity contribution in [2.45, 2.75) is 52.1 Å². The van der Waals surface area contributed by atoms with Gasteiger partial charge in [0.2, 0.25) is 0 Å². The van der Waals surface area contributed by atoms with Crippen molar-refractivity contribution in [3.05, 3.63) is 0 Å². The van der Waals surface area contributed by atoms with Crippen molar-refractivity contribution in [1.29, 1.82) is 0 Å².